The van der Waals surface area contributed by atoms with E-state index in [0.717, 1.165) is 12.8 Å². The first-order chi connectivity index (χ1) is 9.45. The lowest BCUT2D eigenvalue weighted by atomic mass is 10.1. The Morgan fingerprint density at radius 2 is 2.05 bits per heavy atom. The van der Waals surface area contributed by atoms with Crippen molar-refractivity contribution >= 4 is 10.0 Å². The van der Waals surface area contributed by atoms with Crippen molar-refractivity contribution in [2.24, 2.45) is 0 Å². The normalized spacial score (nSPS) is 20.2. The largest absolute Gasteiger partial charge is 0.465 e. The predicted molar refractivity (Wildman–Crippen MR) is 75.1 cm³/mol. The highest BCUT2D eigenvalue weighted by molar-refractivity contribution is 7.89. The van der Waals surface area contributed by atoms with Crippen molar-refractivity contribution in [1.82, 2.24) is 10.0 Å². The Morgan fingerprint density at radius 3 is 2.65 bits per heavy atom. The smallest absolute Gasteiger partial charge is 0.244 e. The SMILES string of the molecule is CNCc1c(C)oc(C)c1S(=O)(=O)NC1CCCOC1. The number of nitrogens with one attached hydrogen (secondary N) is 2. The zero-order valence-electron chi connectivity index (χ0n) is 12.2. The second-order valence-corrected chi connectivity index (χ2v) is 6.74. The van der Waals surface area contributed by atoms with E-state index in [0.29, 0.717) is 36.8 Å². The van der Waals surface area contributed by atoms with Gasteiger partial charge in [0.1, 0.15) is 16.4 Å². The van der Waals surface area contributed by atoms with Gasteiger partial charge in [-0.2, -0.15) is 0 Å². The van der Waals surface area contributed by atoms with E-state index in [9.17, 15) is 8.42 Å². The van der Waals surface area contributed by atoms with Gasteiger partial charge in [-0.1, -0.05) is 0 Å². The third-order valence-corrected chi connectivity index (χ3v) is 5.14. The van der Waals surface area contributed by atoms with Gasteiger partial charge in [-0.3, -0.25) is 0 Å². The Morgan fingerprint density at radius 1 is 1.30 bits per heavy atom. The lowest BCUT2D eigenvalue weighted by molar-refractivity contribution is 0.0774. The fraction of sp³-hybridized carbons (Fsp3) is 0.692. The quantitative estimate of drug-likeness (QED) is 0.850. The van der Waals surface area contributed by atoms with Gasteiger partial charge in [-0.25, -0.2) is 13.1 Å². The van der Waals surface area contributed by atoms with E-state index in [2.05, 4.69) is 10.0 Å². The van der Waals surface area contributed by atoms with Crippen LogP contribution in [0.4, 0.5) is 0 Å². The molecule has 7 heteroatoms. The fourth-order valence-corrected chi connectivity index (χ4v) is 4.26. The summed E-state index contributed by atoms with van der Waals surface area (Å²) >= 11 is 0. The minimum atomic E-state index is -3.59. The van der Waals surface area contributed by atoms with Crippen LogP contribution in [-0.2, 0) is 21.3 Å². The lowest BCUT2D eigenvalue weighted by Crippen LogP contribution is -2.41. The summed E-state index contributed by atoms with van der Waals surface area (Å²) in [4.78, 5) is 0.259. The molecule has 20 heavy (non-hydrogen) atoms. The molecule has 2 rings (SSSR count). The molecule has 1 saturated heterocycles. The zero-order valence-corrected chi connectivity index (χ0v) is 13.0. The summed E-state index contributed by atoms with van der Waals surface area (Å²) in [6.07, 6.45) is 1.68. The molecular formula is C13H22N2O4S. The molecular weight excluding hydrogens is 280 g/mol. The zero-order chi connectivity index (χ0) is 14.8. The van der Waals surface area contributed by atoms with E-state index in [1.807, 2.05) is 0 Å². The summed E-state index contributed by atoms with van der Waals surface area (Å²) < 4.78 is 38.7. The van der Waals surface area contributed by atoms with E-state index < -0.39 is 10.0 Å². The van der Waals surface area contributed by atoms with Crippen LogP contribution in [0.25, 0.3) is 0 Å². The maximum absolute atomic E-state index is 12.6. The van der Waals surface area contributed by atoms with Crippen molar-refractivity contribution in [3.8, 4) is 0 Å². The molecule has 1 aromatic heterocycles. The molecule has 0 bridgehead atoms. The van der Waals surface area contributed by atoms with Crippen molar-refractivity contribution < 1.29 is 17.6 Å². The number of ether oxygens (including phenoxy) is 1. The number of aryl methyl sites for hydroxylation is 2. The van der Waals surface area contributed by atoms with Gasteiger partial charge in [0, 0.05) is 24.8 Å². The highest BCUT2D eigenvalue weighted by atomic mass is 32.2. The maximum Gasteiger partial charge on any atom is 0.244 e. The van der Waals surface area contributed by atoms with Gasteiger partial charge in [0.05, 0.1) is 6.61 Å². The number of sulfonamides is 1. The molecule has 0 aliphatic carbocycles. The Balaban J connectivity index is 2.28. The minimum absolute atomic E-state index is 0.161. The van der Waals surface area contributed by atoms with Gasteiger partial charge < -0.3 is 14.5 Å². The highest BCUT2D eigenvalue weighted by Gasteiger charge is 2.29. The number of hydrogen-bond donors (Lipinski definition) is 2. The first kappa shape index (κ1) is 15.5. The molecule has 1 aliphatic rings. The van der Waals surface area contributed by atoms with Gasteiger partial charge in [0.2, 0.25) is 10.0 Å². The van der Waals surface area contributed by atoms with Crippen LogP contribution in [0.2, 0.25) is 0 Å². The third kappa shape index (κ3) is 3.22. The van der Waals surface area contributed by atoms with Crippen molar-refractivity contribution in [2.45, 2.75) is 44.2 Å². The second kappa shape index (κ2) is 6.26. The van der Waals surface area contributed by atoms with Crippen LogP contribution < -0.4 is 10.0 Å². The summed E-state index contributed by atoms with van der Waals surface area (Å²) in [6.45, 7) is 5.05. The van der Waals surface area contributed by atoms with Gasteiger partial charge in [-0.05, 0) is 33.7 Å². The Kier molecular flexibility index (Phi) is 4.85. The van der Waals surface area contributed by atoms with Crippen LogP contribution in [-0.4, -0.2) is 34.7 Å². The highest BCUT2D eigenvalue weighted by Crippen LogP contribution is 2.27. The Labute approximate surface area is 119 Å². The molecule has 1 unspecified atom stereocenters. The summed E-state index contributed by atoms with van der Waals surface area (Å²) in [5.41, 5.74) is 0.689. The van der Waals surface area contributed by atoms with E-state index in [1.165, 1.54) is 0 Å². The molecule has 0 saturated carbocycles. The molecule has 1 fully saturated rings. The molecule has 2 heterocycles. The molecule has 0 radical (unpaired) electrons. The molecule has 0 spiro atoms. The van der Waals surface area contributed by atoms with Crippen LogP contribution in [0.3, 0.4) is 0 Å². The summed E-state index contributed by atoms with van der Waals surface area (Å²) in [5, 5.41) is 2.98. The monoisotopic (exact) mass is 302 g/mol. The summed E-state index contributed by atoms with van der Waals surface area (Å²) in [6, 6.07) is -0.161. The molecule has 1 aliphatic heterocycles. The number of rotatable bonds is 5. The van der Waals surface area contributed by atoms with Crippen molar-refractivity contribution in [3.05, 3.63) is 17.1 Å². The molecule has 114 valence electrons. The molecule has 2 N–H and O–H groups in total. The van der Waals surface area contributed by atoms with Crippen molar-refractivity contribution in [1.29, 1.82) is 0 Å². The maximum atomic E-state index is 12.6. The van der Waals surface area contributed by atoms with E-state index in [-0.39, 0.29) is 10.9 Å². The molecule has 1 aromatic rings. The number of hydrogen-bond acceptors (Lipinski definition) is 5. The van der Waals surface area contributed by atoms with Gasteiger partial charge >= 0.3 is 0 Å². The summed E-state index contributed by atoms with van der Waals surface area (Å²) in [7, 11) is -1.81. The van der Waals surface area contributed by atoms with Crippen LogP contribution in [0.5, 0.6) is 0 Å². The van der Waals surface area contributed by atoms with Crippen molar-refractivity contribution in [2.75, 3.05) is 20.3 Å². The first-order valence-electron chi connectivity index (χ1n) is 6.79. The predicted octanol–water partition coefficient (Wildman–Crippen LogP) is 1.07. The van der Waals surface area contributed by atoms with Gasteiger partial charge in [-0.15, -0.1) is 0 Å². The lowest BCUT2D eigenvalue weighted by Gasteiger charge is -2.23. The molecule has 0 amide bonds. The molecule has 0 aromatic carbocycles. The van der Waals surface area contributed by atoms with Crippen LogP contribution in [0.1, 0.15) is 29.9 Å². The average molecular weight is 302 g/mol. The van der Waals surface area contributed by atoms with Gasteiger partial charge in [0.15, 0.2) is 0 Å². The fourth-order valence-electron chi connectivity index (χ4n) is 2.55. The van der Waals surface area contributed by atoms with Crippen LogP contribution >= 0.6 is 0 Å². The summed E-state index contributed by atoms with van der Waals surface area (Å²) in [5.74, 6) is 1.06. The Bertz CT molecular complexity index is 559. The first-order valence-corrected chi connectivity index (χ1v) is 8.27. The van der Waals surface area contributed by atoms with Gasteiger partial charge in [0.25, 0.3) is 0 Å². The van der Waals surface area contributed by atoms with E-state index in [1.54, 1.807) is 20.9 Å². The van der Waals surface area contributed by atoms with E-state index in [4.69, 9.17) is 9.15 Å². The van der Waals surface area contributed by atoms with E-state index >= 15 is 0 Å². The van der Waals surface area contributed by atoms with Crippen LogP contribution in [0.15, 0.2) is 9.31 Å². The standard InChI is InChI=1S/C13H22N2O4S/c1-9-12(7-14-3)13(10(2)19-9)20(16,17)15-11-5-4-6-18-8-11/h11,14-15H,4-8H2,1-3H3. The average Bonchev–Trinajstić information content (AvgIpc) is 2.66. The number of furan rings is 1. The minimum Gasteiger partial charge on any atom is -0.465 e. The Hall–Kier alpha value is -0.890. The third-order valence-electron chi connectivity index (χ3n) is 3.43. The van der Waals surface area contributed by atoms with Crippen molar-refractivity contribution in [3.63, 3.8) is 0 Å². The van der Waals surface area contributed by atoms with Crippen LogP contribution in [0, 0.1) is 13.8 Å². The second-order valence-electron chi connectivity index (χ2n) is 5.09. The topological polar surface area (TPSA) is 80.6 Å². The molecule has 1 atom stereocenters. The molecule has 6 nitrogen and oxygen atoms in total.